The van der Waals surface area contributed by atoms with Gasteiger partial charge in [-0.05, 0) is 32.2 Å². The summed E-state index contributed by atoms with van der Waals surface area (Å²) in [6.07, 6.45) is 1.94. The highest BCUT2D eigenvalue weighted by Gasteiger charge is 2.40. The van der Waals surface area contributed by atoms with Crippen molar-refractivity contribution in [1.82, 2.24) is 9.37 Å². The SMILES string of the molecule is CC(Cc1cnc(S(=O)(=O)N[Si](C)(C)C(C)(C)C)s1)C(=O)OC(C)(C)C. The third kappa shape index (κ3) is 6.44. The third-order valence-corrected chi connectivity index (χ3v) is 13.5. The molecule has 0 aromatic carbocycles. The van der Waals surface area contributed by atoms with Gasteiger partial charge in [0.1, 0.15) is 13.8 Å². The first-order valence-electron chi connectivity index (χ1n) is 8.66. The van der Waals surface area contributed by atoms with Crippen LogP contribution in [0.15, 0.2) is 10.5 Å². The summed E-state index contributed by atoms with van der Waals surface area (Å²) in [4.78, 5) is 16.9. The molecule has 0 spiro atoms. The second kappa shape index (κ2) is 7.69. The maximum atomic E-state index is 12.7. The number of carbonyl (C=O) groups is 1. The van der Waals surface area contributed by atoms with E-state index in [1.165, 1.54) is 6.20 Å². The first-order valence-corrected chi connectivity index (χ1v) is 14.0. The smallest absolute Gasteiger partial charge is 0.309 e. The van der Waals surface area contributed by atoms with Crippen molar-refractivity contribution in [3.8, 4) is 0 Å². The van der Waals surface area contributed by atoms with E-state index in [2.05, 4.69) is 9.37 Å². The lowest BCUT2D eigenvalue weighted by Crippen LogP contribution is -2.54. The van der Waals surface area contributed by atoms with E-state index in [4.69, 9.17) is 4.74 Å². The van der Waals surface area contributed by atoms with Crippen LogP contribution >= 0.6 is 11.3 Å². The zero-order valence-electron chi connectivity index (χ0n) is 17.3. The highest BCUT2D eigenvalue weighted by Crippen LogP contribution is 2.35. The van der Waals surface area contributed by atoms with Gasteiger partial charge in [-0.2, -0.15) is 0 Å². The molecular formula is C17H32N2O4S2Si. The van der Waals surface area contributed by atoms with Gasteiger partial charge in [-0.3, -0.25) is 4.79 Å². The van der Waals surface area contributed by atoms with Crippen LogP contribution in [-0.2, 0) is 26.0 Å². The molecule has 1 unspecified atom stereocenters. The van der Waals surface area contributed by atoms with Gasteiger partial charge in [-0.25, -0.2) is 17.8 Å². The summed E-state index contributed by atoms with van der Waals surface area (Å²) in [5, 5.41) is -0.120. The van der Waals surface area contributed by atoms with Crippen molar-refractivity contribution in [3.05, 3.63) is 11.1 Å². The van der Waals surface area contributed by atoms with Crippen LogP contribution < -0.4 is 4.39 Å². The first-order chi connectivity index (χ1) is 11.4. The molecule has 150 valence electrons. The molecule has 0 saturated heterocycles. The summed E-state index contributed by atoms with van der Waals surface area (Å²) < 4.78 is 33.7. The molecule has 0 saturated carbocycles. The maximum Gasteiger partial charge on any atom is 0.309 e. The Labute approximate surface area is 162 Å². The number of ether oxygens (including phenoxy) is 1. The van der Waals surface area contributed by atoms with Crippen LogP contribution in [0.2, 0.25) is 18.1 Å². The molecular weight excluding hydrogens is 388 g/mol. The fraction of sp³-hybridized carbons (Fsp3) is 0.765. The van der Waals surface area contributed by atoms with Crippen molar-refractivity contribution in [3.63, 3.8) is 0 Å². The van der Waals surface area contributed by atoms with Gasteiger partial charge in [0.05, 0.1) is 5.92 Å². The monoisotopic (exact) mass is 420 g/mol. The Bertz CT molecular complexity index is 744. The van der Waals surface area contributed by atoms with Crippen molar-refractivity contribution in [2.45, 2.75) is 83.0 Å². The highest BCUT2D eigenvalue weighted by molar-refractivity contribution is 7.92. The average molecular weight is 421 g/mol. The lowest BCUT2D eigenvalue weighted by molar-refractivity contribution is -0.159. The van der Waals surface area contributed by atoms with Crippen molar-refractivity contribution < 1.29 is 17.9 Å². The van der Waals surface area contributed by atoms with Crippen molar-refractivity contribution in [2.75, 3.05) is 0 Å². The predicted molar refractivity (Wildman–Crippen MR) is 108 cm³/mol. The molecule has 1 heterocycles. The number of sulfonamides is 1. The topological polar surface area (TPSA) is 85.4 Å². The number of thiazole rings is 1. The number of aromatic nitrogens is 1. The Morgan fingerprint density at radius 2 is 1.81 bits per heavy atom. The zero-order valence-corrected chi connectivity index (χ0v) is 19.9. The van der Waals surface area contributed by atoms with Crippen molar-refractivity contribution in [2.24, 2.45) is 5.92 Å². The largest absolute Gasteiger partial charge is 0.460 e. The molecule has 26 heavy (non-hydrogen) atoms. The Balaban J connectivity index is 2.88. The summed E-state index contributed by atoms with van der Waals surface area (Å²) in [5.41, 5.74) is -0.541. The normalized spacial score (nSPS) is 15.0. The fourth-order valence-electron chi connectivity index (χ4n) is 1.83. The minimum atomic E-state index is -3.66. The molecule has 9 heteroatoms. The van der Waals surface area contributed by atoms with Crippen LogP contribution in [0.5, 0.6) is 0 Å². The summed E-state index contributed by atoms with van der Waals surface area (Å²) in [6.45, 7) is 17.3. The molecule has 6 nitrogen and oxygen atoms in total. The minimum absolute atomic E-state index is 0.0497. The molecule has 1 rings (SSSR count). The van der Waals surface area contributed by atoms with Gasteiger partial charge in [-0.1, -0.05) is 40.8 Å². The van der Waals surface area contributed by atoms with E-state index >= 15 is 0 Å². The lowest BCUT2D eigenvalue weighted by Gasteiger charge is -2.36. The van der Waals surface area contributed by atoms with Crippen molar-refractivity contribution >= 4 is 35.6 Å². The Hall–Kier alpha value is -0.773. The van der Waals surface area contributed by atoms with Gasteiger partial charge in [0, 0.05) is 11.1 Å². The maximum absolute atomic E-state index is 12.7. The number of rotatable bonds is 6. The second-order valence-electron chi connectivity index (χ2n) is 9.21. The number of hydrogen-bond acceptors (Lipinski definition) is 6. The first kappa shape index (κ1) is 23.3. The van der Waals surface area contributed by atoms with Gasteiger partial charge in [0.15, 0.2) is 0 Å². The number of nitrogens with zero attached hydrogens (tertiary/aromatic N) is 1. The molecule has 1 atom stereocenters. The van der Waals surface area contributed by atoms with Crippen LogP contribution in [-0.4, -0.2) is 33.2 Å². The molecule has 0 fully saturated rings. The molecule has 0 amide bonds. The second-order valence-corrected chi connectivity index (χ2v) is 17.5. The Morgan fingerprint density at radius 3 is 2.27 bits per heavy atom. The number of hydrogen-bond donors (Lipinski definition) is 1. The summed E-state index contributed by atoms with van der Waals surface area (Å²) in [6, 6.07) is 0. The quantitative estimate of drug-likeness (QED) is 0.556. The Kier molecular flexibility index (Phi) is 6.88. The average Bonchev–Trinajstić information content (AvgIpc) is 2.83. The molecule has 0 bridgehead atoms. The van der Waals surface area contributed by atoms with Gasteiger partial charge >= 0.3 is 5.97 Å². The standard InChI is InChI=1S/C17H32N2O4S2Si/c1-12(14(20)23-16(2,3)4)10-13-11-18-15(24-13)25(21,22)19-26(8,9)17(5,6)7/h11-12,19H,10H2,1-9H3. The van der Waals surface area contributed by atoms with E-state index in [0.29, 0.717) is 6.42 Å². The van der Waals surface area contributed by atoms with E-state index in [-0.39, 0.29) is 21.3 Å². The summed E-state index contributed by atoms with van der Waals surface area (Å²) in [7, 11) is -5.90. The number of nitrogens with one attached hydrogen (secondary N) is 1. The van der Waals surface area contributed by atoms with Crippen LogP contribution in [0.25, 0.3) is 0 Å². The van der Waals surface area contributed by atoms with Gasteiger partial charge in [0.2, 0.25) is 4.34 Å². The van der Waals surface area contributed by atoms with E-state index in [1.54, 1.807) is 6.92 Å². The van der Waals surface area contributed by atoms with Gasteiger partial charge in [0.25, 0.3) is 10.0 Å². The third-order valence-electron chi connectivity index (χ3n) is 4.34. The fourth-order valence-corrected chi connectivity index (χ4v) is 8.18. The molecule has 1 aromatic heterocycles. The highest BCUT2D eigenvalue weighted by atomic mass is 32.2. The lowest BCUT2D eigenvalue weighted by atomic mass is 10.1. The van der Waals surface area contributed by atoms with E-state index in [1.807, 2.05) is 54.6 Å². The van der Waals surface area contributed by atoms with Gasteiger partial charge < -0.3 is 4.74 Å². The molecule has 0 radical (unpaired) electrons. The molecule has 1 N–H and O–H groups in total. The van der Waals surface area contributed by atoms with Gasteiger partial charge in [-0.15, -0.1) is 11.3 Å². The number of carbonyl (C=O) groups excluding carboxylic acids is 1. The van der Waals surface area contributed by atoms with Crippen LogP contribution in [0.3, 0.4) is 0 Å². The minimum Gasteiger partial charge on any atom is -0.460 e. The zero-order chi connectivity index (χ0) is 20.6. The predicted octanol–water partition coefficient (Wildman–Crippen LogP) is 3.95. The van der Waals surface area contributed by atoms with E-state index < -0.39 is 23.9 Å². The molecule has 0 aliphatic rings. The van der Waals surface area contributed by atoms with Crippen LogP contribution in [0.4, 0.5) is 0 Å². The molecule has 1 aromatic rings. The number of esters is 1. The van der Waals surface area contributed by atoms with Crippen LogP contribution in [0.1, 0.15) is 53.3 Å². The molecule has 0 aliphatic heterocycles. The Morgan fingerprint density at radius 1 is 1.27 bits per heavy atom. The molecule has 0 aliphatic carbocycles. The van der Waals surface area contributed by atoms with E-state index in [9.17, 15) is 13.2 Å². The summed E-state index contributed by atoms with van der Waals surface area (Å²) >= 11 is 1.11. The van der Waals surface area contributed by atoms with Crippen LogP contribution in [0, 0.1) is 5.92 Å². The van der Waals surface area contributed by atoms with E-state index in [0.717, 1.165) is 16.2 Å². The van der Waals surface area contributed by atoms with Crippen molar-refractivity contribution in [1.29, 1.82) is 0 Å². The summed E-state index contributed by atoms with van der Waals surface area (Å²) in [5.74, 6) is -0.659.